The highest BCUT2D eigenvalue weighted by Crippen LogP contribution is 2.24. The van der Waals surface area contributed by atoms with Crippen LogP contribution >= 0.6 is 0 Å². The van der Waals surface area contributed by atoms with E-state index in [9.17, 15) is 4.79 Å². The molecule has 3 rings (SSSR count). The number of hydrogen-bond acceptors (Lipinski definition) is 4. The highest BCUT2D eigenvalue weighted by atomic mass is 16.1. The number of aromatic nitrogens is 3. The van der Waals surface area contributed by atoms with Gasteiger partial charge >= 0.3 is 0 Å². The second-order valence-electron chi connectivity index (χ2n) is 6.03. The number of nitrogens with zero attached hydrogens (tertiary/aromatic N) is 3. The van der Waals surface area contributed by atoms with Crippen LogP contribution in [0.1, 0.15) is 42.6 Å². The van der Waals surface area contributed by atoms with Crippen molar-refractivity contribution in [2.45, 2.75) is 51.9 Å². The van der Waals surface area contributed by atoms with Crippen LogP contribution in [0.2, 0.25) is 0 Å². The molecule has 0 aliphatic carbocycles. The molecule has 2 aromatic heterocycles. The van der Waals surface area contributed by atoms with Crippen molar-refractivity contribution in [3.63, 3.8) is 0 Å². The van der Waals surface area contributed by atoms with Gasteiger partial charge < -0.3 is 10.6 Å². The zero-order valence-electron chi connectivity index (χ0n) is 13.6. The number of amides is 1. The molecular weight excluding hydrogens is 290 g/mol. The first-order valence-corrected chi connectivity index (χ1v) is 8.12. The standard InChI is InChI=1S/C17H23N5O/c1-3-22-11-13(9-20-22)17-15(6-7-16(23)21-17)19-10-14-5-4-12(2)8-18-14/h4-5,8-9,11,15,17,19H,3,6-7,10H2,1-2H3,(H,21,23)/t15-,17+/m1/s1. The minimum Gasteiger partial charge on any atom is -0.348 e. The van der Waals surface area contributed by atoms with Crippen LogP contribution in [0.5, 0.6) is 0 Å². The van der Waals surface area contributed by atoms with E-state index in [4.69, 9.17) is 0 Å². The van der Waals surface area contributed by atoms with Gasteiger partial charge in [-0.05, 0) is 31.9 Å². The Kier molecular flexibility index (Phi) is 4.71. The first kappa shape index (κ1) is 15.7. The fourth-order valence-electron chi connectivity index (χ4n) is 2.89. The van der Waals surface area contributed by atoms with Crippen molar-refractivity contribution in [3.05, 3.63) is 47.5 Å². The lowest BCUT2D eigenvalue weighted by Gasteiger charge is -2.32. The zero-order valence-corrected chi connectivity index (χ0v) is 13.6. The molecule has 1 fully saturated rings. The minimum atomic E-state index is -0.0398. The summed E-state index contributed by atoms with van der Waals surface area (Å²) in [4.78, 5) is 16.2. The van der Waals surface area contributed by atoms with E-state index in [1.807, 2.05) is 36.3 Å². The Morgan fingerprint density at radius 1 is 1.39 bits per heavy atom. The number of rotatable bonds is 5. The van der Waals surface area contributed by atoms with Crippen molar-refractivity contribution in [2.24, 2.45) is 0 Å². The van der Waals surface area contributed by atoms with Gasteiger partial charge in [-0.15, -0.1) is 0 Å². The maximum atomic E-state index is 11.8. The quantitative estimate of drug-likeness (QED) is 0.881. The molecule has 1 aliphatic rings. The van der Waals surface area contributed by atoms with Gasteiger partial charge in [0.2, 0.25) is 5.91 Å². The molecule has 1 aliphatic heterocycles. The summed E-state index contributed by atoms with van der Waals surface area (Å²) in [5.74, 6) is 0.103. The highest BCUT2D eigenvalue weighted by molar-refractivity contribution is 5.77. The summed E-state index contributed by atoms with van der Waals surface area (Å²) in [6.07, 6.45) is 7.10. The summed E-state index contributed by atoms with van der Waals surface area (Å²) in [7, 11) is 0. The van der Waals surface area contributed by atoms with Crippen LogP contribution in [0.25, 0.3) is 0 Å². The van der Waals surface area contributed by atoms with Crippen molar-refractivity contribution < 1.29 is 4.79 Å². The van der Waals surface area contributed by atoms with Gasteiger partial charge in [-0.2, -0.15) is 5.10 Å². The molecule has 3 heterocycles. The second-order valence-corrected chi connectivity index (χ2v) is 6.03. The van der Waals surface area contributed by atoms with Gasteiger partial charge in [-0.25, -0.2) is 0 Å². The molecule has 122 valence electrons. The van der Waals surface area contributed by atoms with E-state index in [0.29, 0.717) is 13.0 Å². The average Bonchev–Trinajstić information content (AvgIpc) is 3.04. The van der Waals surface area contributed by atoms with Crippen LogP contribution < -0.4 is 10.6 Å². The molecule has 23 heavy (non-hydrogen) atoms. The molecule has 6 heteroatoms. The third-order valence-corrected chi connectivity index (χ3v) is 4.26. The van der Waals surface area contributed by atoms with Crippen molar-refractivity contribution in [3.8, 4) is 0 Å². The SMILES string of the molecule is CCn1cc([C@@H]2NC(=O)CC[C@H]2NCc2ccc(C)cn2)cn1. The summed E-state index contributed by atoms with van der Waals surface area (Å²) >= 11 is 0. The van der Waals surface area contributed by atoms with Crippen LogP contribution in [0.3, 0.4) is 0 Å². The van der Waals surface area contributed by atoms with Crippen molar-refractivity contribution >= 4 is 5.91 Å². The molecule has 0 bridgehead atoms. The van der Waals surface area contributed by atoms with Crippen LogP contribution in [0, 0.1) is 6.92 Å². The predicted molar refractivity (Wildman–Crippen MR) is 87.6 cm³/mol. The molecule has 0 spiro atoms. The van der Waals surface area contributed by atoms with E-state index in [1.165, 1.54) is 0 Å². The smallest absolute Gasteiger partial charge is 0.220 e. The maximum absolute atomic E-state index is 11.8. The Labute approximate surface area is 136 Å². The Morgan fingerprint density at radius 2 is 2.26 bits per heavy atom. The van der Waals surface area contributed by atoms with Gasteiger partial charge in [-0.1, -0.05) is 6.07 Å². The van der Waals surface area contributed by atoms with Crippen molar-refractivity contribution in [1.82, 2.24) is 25.4 Å². The molecule has 1 amide bonds. The third kappa shape index (κ3) is 3.76. The average molecular weight is 313 g/mol. The van der Waals surface area contributed by atoms with Gasteiger partial charge in [0.25, 0.3) is 0 Å². The van der Waals surface area contributed by atoms with Gasteiger partial charge in [-0.3, -0.25) is 14.5 Å². The summed E-state index contributed by atoms with van der Waals surface area (Å²) < 4.78 is 1.88. The molecule has 1 saturated heterocycles. The molecular formula is C17H23N5O. The second kappa shape index (κ2) is 6.91. The number of pyridine rings is 1. The van der Waals surface area contributed by atoms with E-state index in [1.54, 1.807) is 0 Å². The Balaban J connectivity index is 1.70. The van der Waals surface area contributed by atoms with Crippen LogP contribution in [-0.4, -0.2) is 26.7 Å². The fraction of sp³-hybridized carbons (Fsp3) is 0.471. The Bertz CT molecular complexity index is 664. The molecule has 6 nitrogen and oxygen atoms in total. The van der Waals surface area contributed by atoms with E-state index in [2.05, 4.69) is 33.7 Å². The number of hydrogen-bond donors (Lipinski definition) is 2. The van der Waals surface area contributed by atoms with Crippen LogP contribution in [-0.2, 0) is 17.9 Å². The topological polar surface area (TPSA) is 71.8 Å². The lowest BCUT2D eigenvalue weighted by atomic mass is 9.93. The van der Waals surface area contributed by atoms with Crippen LogP contribution in [0.4, 0.5) is 0 Å². The lowest BCUT2D eigenvalue weighted by molar-refractivity contribution is -0.123. The summed E-state index contributed by atoms with van der Waals surface area (Å²) in [6.45, 7) is 5.60. The van der Waals surface area contributed by atoms with Crippen molar-refractivity contribution in [1.29, 1.82) is 0 Å². The van der Waals surface area contributed by atoms with Crippen molar-refractivity contribution in [2.75, 3.05) is 0 Å². The van der Waals surface area contributed by atoms with Crippen LogP contribution in [0.15, 0.2) is 30.7 Å². The lowest BCUT2D eigenvalue weighted by Crippen LogP contribution is -2.48. The number of aryl methyl sites for hydroxylation is 2. The van der Waals surface area contributed by atoms with Gasteiger partial charge in [0, 0.05) is 43.5 Å². The molecule has 2 atom stereocenters. The number of piperidine rings is 1. The van der Waals surface area contributed by atoms with E-state index >= 15 is 0 Å². The zero-order chi connectivity index (χ0) is 16.2. The van der Waals surface area contributed by atoms with E-state index in [0.717, 1.165) is 29.8 Å². The fourth-order valence-corrected chi connectivity index (χ4v) is 2.89. The maximum Gasteiger partial charge on any atom is 0.220 e. The monoisotopic (exact) mass is 313 g/mol. The predicted octanol–water partition coefficient (Wildman–Crippen LogP) is 1.72. The summed E-state index contributed by atoms with van der Waals surface area (Å²) in [6, 6.07) is 4.25. The Morgan fingerprint density at radius 3 is 2.96 bits per heavy atom. The Hall–Kier alpha value is -2.21. The van der Waals surface area contributed by atoms with Gasteiger partial charge in [0.05, 0.1) is 17.9 Å². The highest BCUT2D eigenvalue weighted by Gasteiger charge is 2.30. The molecule has 2 aromatic rings. The molecule has 0 radical (unpaired) electrons. The number of carbonyl (C=O) groups excluding carboxylic acids is 1. The first-order valence-electron chi connectivity index (χ1n) is 8.12. The van der Waals surface area contributed by atoms with Gasteiger partial charge in [0.15, 0.2) is 0 Å². The van der Waals surface area contributed by atoms with E-state index < -0.39 is 0 Å². The first-order chi connectivity index (χ1) is 11.2. The molecule has 0 saturated carbocycles. The third-order valence-electron chi connectivity index (χ3n) is 4.26. The number of carbonyl (C=O) groups is 1. The van der Waals surface area contributed by atoms with Gasteiger partial charge in [0.1, 0.15) is 0 Å². The molecule has 0 aromatic carbocycles. The normalized spacial score (nSPS) is 21.2. The minimum absolute atomic E-state index is 0.0398. The largest absolute Gasteiger partial charge is 0.348 e. The molecule has 0 unspecified atom stereocenters. The number of nitrogens with one attached hydrogen (secondary N) is 2. The summed E-state index contributed by atoms with van der Waals surface area (Å²) in [5, 5.41) is 11.0. The summed E-state index contributed by atoms with van der Waals surface area (Å²) in [5.41, 5.74) is 3.22. The van der Waals surface area contributed by atoms with E-state index in [-0.39, 0.29) is 18.0 Å². The molecule has 2 N–H and O–H groups in total.